The van der Waals surface area contributed by atoms with Gasteiger partial charge in [0.15, 0.2) is 0 Å². The Morgan fingerprint density at radius 1 is 1.47 bits per heavy atom. The highest BCUT2D eigenvalue weighted by Crippen LogP contribution is 2.34. The third-order valence-corrected chi connectivity index (χ3v) is 3.29. The van der Waals surface area contributed by atoms with Crippen LogP contribution < -0.4 is 0 Å². The number of ether oxygens (including phenoxy) is 1. The van der Waals surface area contributed by atoms with Crippen LogP contribution in [-0.4, -0.2) is 59.0 Å². The van der Waals surface area contributed by atoms with E-state index in [0.29, 0.717) is 19.6 Å². The largest absolute Gasteiger partial charge is 0.466 e. The first kappa shape index (κ1) is 10.9. The highest BCUT2D eigenvalue weighted by atomic mass is 16.5. The molecule has 0 radical (unpaired) electrons. The summed E-state index contributed by atoms with van der Waals surface area (Å²) in [5, 5.41) is 19.5. The first-order valence-corrected chi connectivity index (χ1v) is 5.42. The third-order valence-electron chi connectivity index (χ3n) is 3.29. The zero-order valence-electron chi connectivity index (χ0n) is 8.80. The first-order valence-electron chi connectivity index (χ1n) is 5.42. The molecule has 0 aliphatic carbocycles. The van der Waals surface area contributed by atoms with E-state index in [9.17, 15) is 15.0 Å². The van der Waals surface area contributed by atoms with E-state index < -0.39 is 24.1 Å². The summed E-state index contributed by atoms with van der Waals surface area (Å²) in [5.41, 5.74) is 0. The Morgan fingerprint density at radius 3 is 2.87 bits per heavy atom. The Morgan fingerprint density at radius 2 is 2.20 bits per heavy atom. The number of rotatable bonds is 2. The van der Waals surface area contributed by atoms with Crippen LogP contribution in [0.3, 0.4) is 0 Å². The Bertz CT molecular complexity index is 258. The van der Waals surface area contributed by atoms with E-state index in [-0.39, 0.29) is 6.04 Å². The molecule has 86 valence electrons. The average molecular weight is 215 g/mol. The summed E-state index contributed by atoms with van der Waals surface area (Å²) in [7, 11) is 0. The molecule has 15 heavy (non-hydrogen) atoms. The average Bonchev–Trinajstić information content (AvgIpc) is 2.67. The Hall–Kier alpha value is -0.650. The van der Waals surface area contributed by atoms with Gasteiger partial charge in [-0.05, 0) is 13.3 Å². The van der Waals surface area contributed by atoms with Crippen LogP contribution in [0.15, 0.2) is 0 Å². The predicted molar refractivity (Wildman–Crippen MR) is 52.1 cm³/mol. The van der Waals surface area contributed by atoms with Crippen LogP contribution in [0.1, 0.15) is 13.3 Å². The van der Waals surface area contributed by atoms with Crippen molar-refractivity contribution in [3.63, 3.8) is 0 Å². The van der Waals surface area contributed by atoms with Crippen LogP contribution in [-0.2, 0) is 9.53 Å². The van der Waals surface area contributed by atoms with Crippen LogP contribution in [0.4, 0.5) is 0 Å². The summed E-state index contributed by atoms with van der Waals surface area (Å²) < 4.78 is 4.92. The van der Waals surface area contributed by atoms with Crippen LogP contribution in [0.2, 0.25) is 0 Å². The lowest BCUT2D eigenvalue weighted by Crippen LogP contribution is -2.40. The van der Waals surface area contributed by atoms with Crippen molar-refractivity contribution in [2.45, 2.75) is 31.6 Å². The molecule has 0 aromatic carbocycles. The number of carbonyl (C=O) groups excluding carboxylic acids is 1. The zero-order chi connectivity index (χ0) is 11.0. The van der Waals surface area contributed by atoms with Crippen molar-refractivity contribution < 1.29 is 19.7 Å². The molecule has 0 unspecified atom stereocenters. The van der Waals surface area contributed by atoms with Crippen molar-refractivity contribution in [1.82, 2.24) is 4.90 Å². The normalized spacial score (nSPS) is 40.5. The molecule has 0 aromatic heterocycles. The number of hydrogen-bond donors (Lipinski definition) is 2. The van der Waals surface area contributed by atoms with Crippen LogP contribution in [0.25, 0.3) is 0 Å². The van der Waals surface area contributed by atoms with Crippen molar-refractivity contribution in [3.05, 3.63) is 0 Å². The van der Waals surface area contributed by atoms with E-state index in [1.165, 1.54) is 0 Å². The number of aliphatic hydroxyl groups is 2. The topological polar surface area (TPSA) is 70.0 Å². The molecule has 2 aliphatic rings. The highest BCUT2D eigenvalue weighted by Gasteiger charge is 2.51. The summed E-state index contributed by atoms with van der Waals surface area (Å²) in [6.07, 6.45) is -0.548. The first-order chi connectivity index (χ1) is 7.15. The van der Waals surface area contributed by atoms with E-state index in [0.717, 1.165) is 6.54 Å². The number of nitrogens with zero attached hydrogens (tertiary/aromatic N) is 1. The number of esters is 1. The van der Waals surface area contributed by atoms with Gasteiger partial charge >= 0.3 is 5.97 Å². The maximum Gasteiger partial charge on any atom is 0.313 e. The van der Waals surface area contributed by atoms with Gasteiger partial charge in [-0.2, -0.15) is 0 Å². The van der Waals surface area contributed by atoms with Gasteiger partial charge in [-0.25, -0.2) is 0 Å². The second-order valence-electron chi connectivity index (χ2n) is 4.19. The van der Waals surface area contributed by atoms with Crippen molar-refractivity contribution in [2.24, 2.45) is 5.92 Å². The van der Waals surface area contributed by atoms with Crippen molar-refractivity contribution in [3.8, 4) is 0 Å². The second kappa shape index (κ2) is 4.08. The monoisotopic (exact) mass is 215 g/mol. The van der Waals surface area contributed by atoms with E-state index in [1.54, 1.807) is 6.92 Å². The molecule has 0 aromatic rings. The van der Waals surface area contributed by atoms with Crippen LogP contribution >= 0.6 is 0 Å². The van der Waals surface area contributed by atoms with Gasteiger partial charge in [0, 0.05) is 13.1 Å². The molecule has 2 N–H and O–H groups in total. The lowest BCUT2D eigenvalue weighted by molar-refractivity contribution is -0.152. The van der Waals surface area contributed by atoms with Crippen molar-refractivity contribution >= 4 is 5.97 Å². The van der Waals surface area contributed by atoms with E-state index >= 15 is 0 Å². The van der Waals surface area contributed by atoms with Gasteiger partial charge in [0.1, 0.15) is 5.92 Å². The van der Waals surface area contributed by atoms with Crippen molar-refractivity contribution in [1.29, 1.82) is 0 Å². The van der Waals surface area contributed by atoms with E-state index in [2.05, 4.69) is 0 Å². The lowest BCUT2D eigenvalue weighted by Gasteiger charge is -2.22. The number of hydrogen-bond acceptors (Lipinski definition) is 5. The molecule has 0 amide bonds. The molecule has 2 fully saturated rings. The molecule has 0 spiro atoms. The summed E-state index contributed by atoms with van der Waals surface area (Å²) >= 11 is 0. The van der Waals surface area contributed by atoms with Gasteiger partial charge < -0.3 is 14.9 Å². The van der Waals surface area contributed by atoms with E-state index in [1.807, 2.05) is 4.90 Å². The molecular weight excluding hydrogens is 198 g/mol. The molecule has 2 rings (SSSR count). The van der Waals surface area contributed by atoms with Gasteiger partial charge in [-0.1, -0.05) is 0 Å². The summed E-state index contributed by atoms with van der Waals surface area (Å²) in [5.74, 6) is -0.971. The summed E-state index contributed by atoms with van der Waals surface area (Å²) in [6, 6.07) is -0.251. The predicted octanol–water partition coefficient (Wildman–Crippen LogP) is -1.02. The van der Waals surface area contributed by atoms with Gasteiger partial charge in [-0.15, -0.1) is 0 Å². The molecule has 0 bridgehead atoms. The molecule has 4 atom stereocenters. The smallest absolute Gasteiger partial charge is 0.313 e. The summed E-state index contributed by atoms with van der Waals surface area (Å²) in [6.45, 7) is 3.26. The Kier molecular flexibility index (Phi) is 2.95. The van der Waals surface area contributed by atoms with Gasteiger partial charge in [-0.3, -0.25) is 9.69 Å². The molecular formula is C10H17NO4. The number of fused-ring (bicyclic) bond motifs is 1. The molecule has 5 nitrogen and oxygen atoms in total. The Balaban J connectivity index is 2.11. The third kappa shape index (κ3) is 1.75. The molecule has 5 heteroatoms. The minimum absolute atomic E-state index is 0.251. The maximum atomic E-state index is 11.6. The van der Waals surface area contributed by atoms with Crippen LogP contribution in [0, 0.1) is 5.92 Å². The number of carbonyl (C=O) groups is 1. The van der Waals surface area contributed by atoms with E-state index in [4.69, 9.17) is 4.74 Å². The van der Waals surface area contributed by atoms with Crippen LogP contribution in [0.5, 0.6) is 0 Å². The molecule has 2 aliphatic heterocycles. The van der Waals surface area contributed by atoms with Gasteiger partial charge in [0.05, 0.1) is 24.9 Å². The van der Waals surface area contributed by atoms with Gasteiger partial charge in [0.25, 0.3) is 0 Å². The van der Waals surface area contributed by atoms with Gasteiger partial charge in [0.2, 0.25) is 0 Å². The Labute approximate surface area is 88.6 Å². The molecule has 2 heterocycles. The van der Waals surface area contributed by atoms with Crippen molar-refractivity contribution in [2.75, 3.05) is 19.7 Å². The fourth-order valence-corrected chi connectivity index (χ4v) is 2.66. The maximum absolute atomic E-state index is 11.6. The lowest BCUT2D eigenvalue weighted by atomic mass is 9.94. The SMILES string of the molecule is CCOC(=O)[C@H]1[C@@H]2[C@H](O)CCN2C[C@@H]1O. The minimum atomic E-state index is -0.705. The molecule has 2 saturated heterocycles. The zero-order valence-corrected chi connectivity index (χ0v) is 8.80. The summed E-state index contributed by atoms with van der Waals surface area (Å²) in [4.78, 5) is 13.6. The highest BCUT2D eigenvalue weighted by molar-refractivity contribution is 5.74. The standard InChI is InChI=1S/C10H17NO4/c1-2-15-10(14)8-7(13)5-11-4-3-6(12)9(8)11/h6-9,12-13H,2-5H2,1H3/t6-,7+,8-,9+/m1/s1. The number of aliphatic hydroxyl groups excluding tert-OH is 2. The second-order valence-corrected chi connectivity index (χ2v) is 4.19. The fraction of sp³-hybridized carbons (Fsp3) is 0.900. The quantitative estimate of drug-likeness (QED) is 0.577. The molecule has 0 saturated carbocycles. The minimum Gasteiger partial charge on any atom is -0.466 e. The fourth-order valence-electron chi connectivity index (χ4n) is 2.66.